The van der Waals surface area contributed by atoms with E-state index in [2.05, 4.69) is 13.8 Å². The van der Waals surface area contributed by atoms with Crippen LogP contribution < -0.4 is 0 Å². The van der Waals surface area contributed by atoms with Gasteiger partial charge in [0.2, 0.25) is 0 Å². The van der Waals surface area contributed by atoms with Crippen LogP contribution in [0, 0.1) is 11.8 Å². The van der Waals surface area contributed by atoms with Gasteiger partial charge in [0, 0.05) is 25.4 Å². The van der Waals surface area contributed by atoms with Gasteiger partial charge in [-0.1, -0.05) is 51.2 Å². The molecule has 1 fully saturated rings. The van der Waals surface area contributed by atoms with Crippen LogP contribution in [0.15, 0.2) is 36.0 Å². The second-order valence-corrected chi connectivity index (χ2v) is 11.4. The highest BCUT2D eigenvalue weighted by Crippen LogP contribution is 2.38. The maximum atomic E-state index is 12.5. The molecule has 8 heteroatoms. The molecule has 212 valence electrons. The topological polar surface area (TPSA) is 129 Å². The van der Waals surface area contributed by atoms with Crippen molar-refractivity contribution in [2.24, 2.45) is 11.8 Å². The van der Waals surface area contributed by atoms with Crippen molar-refractivity contribution < 1.29 is 39.4 Å². The summed E-state index contributed by atoms with van der Waals surface area (Å²) >= 11 is 0. The number of allylic oxidation sites excluding steroid dienone is 2. The first kappa shape index (κ1) is 31.7. The zero-order valence-corrected chi connectivity index (χ0v) is 23.5. The zero-order valence-electron chi connectivity index (χ0n) is 23.5. The number of carbonyl (C=O) groups excluding carboxylic acids is 1. The largest absolute Gasteiger partial charge is 0.457 e. The van der Waals surface area contributed by atoms with E-state index in [0.29, 0.717) is 6.42 Å². The average Bonchev–Trinajstić information content (AvgIpc) is 3.57. The van der Waals surface area contributed by atoms with E-state index < -0.39 is 35.5 Å². The normalized spacial score (nSPS) is 38.1. The maximum Gasteiger partial charge on any atom is 0.309 e. The Bertz CT molecular complexity index is 826. The van der Waals surface area contributed by atoms with Crippen LogP contribution in [0.5, 0.6) is 0 Å². The van der Waals surface area contributed by atoms with Gasteiger partial charge >= 0.3 is 5.97 Å². The molecule has 0 aromatic carbocycles. The van der Waals surface area contributed by atoms with Crippen molar-refractivity contribution in [3.8, 4) is 0 Å². The molecule has 0 aliphatic carbocycles. The monoisotopic (exact) mass is 524 g/mol. The van der Waals surface area contributed by atoms with E-state index in [1.807, 2.05) is 13.8 Å². The molecule has 2 rings (SSSR count). The molecule has 0 aromatic heterocycles. The van der Waals surface area contributed by atoms with E-state index in [1.165, 1.54) is 13.0 Å². The van der Waals surface area contributed by atoms with Gasteiger partial charge in [0.15, 0.2) is 0 Å². The van der Waals surface area contributed by atoms with E-state index in [0.717, 1.165) is 12.0 Å². The van der Waals surface area contributed by atoms with E-state index in [-0.39, 0.29) is 49.4 Å². The summed E-state index contributed by atoms with van der Waals surface area (Å²) in [4.78, 5) is 12.5. The van der Waals surface area contributed by atoms with Crippen molar-refractivity contribution in [3.63, 3.8) is 0 Å². The van der Waals surface area contributed by atoms with E-state index >= 15 is 0 Å². The van der Waals surface area contributed by atoms with Crippen LogP contribution in [-0.4, -0.2) is 81.3 Å². The Balaban J connectivity index is 2.10. The fourth-order valence-corrected chi connectivity index (χ4v) is 5.02. The summed E-state index contributed by atoms with van der Waals surface area (Å²) in [6.07, 6.45) is 7.37. The number of methoxy groups -OCH3 is 1. The number of epoxide rings is 1. The third-order valence-electron chi connectivity index (χ3n) is 7.67. The second kappa shape index (κ2) is 13.5. The number of cyclic esters (lactones) is 1. The van der Waals surface area contributed by atoms with E-state index in [1.54, 1.807) is 38.3 Å². The van der Waals surface area contributed by atoms with Crippen LogP contribution in [0.25, 0.3) is 0 Å². The predicted molar refractivity (Wildman–Crippen MR) is 142 cm³/mol. The number of hydrogen-bond acceptors (Lipinski definition) is 8. The molecule has 10 unspecified atom stereocenters. The maximum absolute atomic E-state index is 12.5. The number of hydrogen-bond donors (Lipinski definition) is 4. The van der Waals surface area contributed by atoms with Crippen molar-refractivity contribution in [2.75, 3.05) is 7.11 Å². The predicted octanol–water partition coefficient (Wildman–Crippen LogP) is 3.22. The molecule has 0 spiro atoms. The molecule has 2 aliphatic heterocycles. The van der Waals surface area contributed by atoms with Crippen molar-refractivity contribution in [2.45, 2.75) is 121 Å². The third-order valence-corrected chi connectivity index (χ3v) is 7.67. The standard InChI is InChI=1S/C29H48O8/c1-8-22(35-7)20(4)27-23(36-27)17-28(5,33)14-9-10-18(2)26-19(3)11-12-24(31)29(6,34)15-13-21(30)16-25(32)37-26/h9-12,14,19-24,26-27,30-31,33-34H,8,13,15-17H2,1-7H3/b12-11+,14-9+,18-10+. The van der Waals surface area contributed by atoms with Crippen molar-refractivity contribution in [1.82, 2.24) is 0 Å². The summed E-state index contributed by atoms with van der Waals surface area (Å²) < 4.78 is 17.1. The summed E-state index contributed by atoms with van der Waals surface area (Å²) in [5.41, 5.74) is -1.76. The van der Waals surface area contributed by atoms with Gasteiger partial charge in [0.1, 0.15) is 12.2 Å². The third kappa shape index (κ3) is 9.61. The molecule has 37 heavy (non-hydrogen) atoms. The lowest BCUT2D eigenvalue weighted by Gasteiger charge is -2.30. The first-order valence-corrected chi connectivity index (χ1v) is 13.4. The number of ether oxygens (including phenoxy) is 3. The SMILES string of the molecule is CCC(OC)C(C)C1OC1CC(C)(O)/C=C/C=C(\C)C1OC(=O)CC(O)CCC(C)(O)C(O)/C=C/C1C. The van der Waals surface area contributed by atoms with Gasteiger partial charge in [-0.05, 0) is 45.6 Å². The summed E-state index contributed by atoms with van der Waals surface area (Å²) in [7, 11) is 1.71. The fourth-order valence-electron chi connectivity index (χ4n) is 5.02. The molecule has 2 heterocycles. The van der Waals surface area contributed by atoms with E-state index in [9.17, 15) is 25.2 Å². The zero-order chi connectivity index (χ0) is 28.0. The van der Waals surface area contributed by atoms with Gasteiger partial charge in [0.25, 0.3) is 0 Å². The molecule has 8 nitrogen and oxygen atoms in total. The minimum Gasteiger partial charge on any atom is -0.457 e. The first-order valence-electron chi connectivity index (χ1n) is 13.4. The highest BCUT2D eigenvalue weighted by molar-refractivity contribution is 5.70. The lowest BCUT2D eigenvalue weighted by Crippen LogP contribution is -2.39. The highest BCUT2D eigenvalue weighted by Gasteiger charge is 2.47. The van der Waals surface area contributed by atoms with Gasteiger partial charge in [-0.25, -0.2) is 0 Å². The molecule has 0 aromatic rings. The van der Waals surface area contributed by atoms with Crippen LogP contribution in [-0.2, 0) is 19.0 Å². The number of aliphatic hydroxyl groups excluding tert-OH is 2. The Morgan fingerprint density at radius 3 is 2.65 bits per heavy atom. The smallest absolute Gasteiger partial charge is 0.309 e. The number of rotatable bonds is 9. The van der Waals surface area contributed by atoms with Crippen LogP contribution >= 0.6 is 0 Å². The fraction of sp³-hybridized carbons (Fsp3) is 0.759. The molecule has 1 saturated heterocycles. The number of aliphatic hydroxyl groups is 4. The summed E-state index contributed by atoms with van der Waals surface area (Å²) in [5, 5.41) is 42.1. The van der Waals surface area contributed by atoms with Gasteiger partial charge < -0.3 is 34.6 Å². The molecule has 10 atom stereocenters. The van der Waals surface area contributed by atoms with Crippen molar-refractivity contribution in [1.29, 1.82) is 0 Å². The molecule has 4 N–H and O–H groups in total. The number of carbonyl (C=O) groups is 1. The van der Waals surface area contributed by atoms with E-state index in [4.69, 9.17) is 14.2 Å². The van der Waals surface area contributed by atoms with Gasteiger partial charge in [-0.15, -0.1) is 0 Å². The Morgan fingerprint density at radius 1 is 1.35 bits per heavy atom. The summed E-state index contributed by atoms with van der Waals surface area (Å²) in [5.74, 6) is -0.590. The first-order chi connectivity index (χ1) is 17.2. The van der Waals surface area contributed by atoms with Gasteiger partial charge in [0.05, 0.1) is 42.0 Å². The van der Waals surface area contributed by atoms with Crippen LogP contribution in [0.4, 0.5) is 0 Å². The minimum absolute atomic E-state index is 0.0311. The van der Waals surface area contributed by atoms with Crippen LogP contribution in [0.1, 0.15) is 73.6 Å². The highest BCUT2D eigenvalue weighted by atomic mass is 16.6. The van der Waals surface area contributed by atoms with Crippen LogP contribution in [0.3, 0.4) is 0 Å². The van der Waals surface area contributed by atoms with Gasteiger partial charge in [-0.3, -0.25) is 4.79 Å². The Hall–Kier alpha value is -1.55. The van der Waals surface area contributed by atoms with Crippen LogP contribution in [0.2, 0.25) is 0 Å². The van der Waals surface area contributed by atoms with Crippen molar-refractivity contribution in [3.05, 3.63) is 36.0 Å². The molecule has 0 amide bonds. The summed E-state index contributed by atoms with van der Waals surface area (Å²) in [6.45, 7) is 11.1. The minimum atomic E-state index is -1.42. The summed E-state index contributed by atoms with van der Waals surface area (Å²) in [6, 6.07) is 0. The Morgan fingerprint density at radius 2 is 2.03 bits per heavy atom. The average molecular weight is 525 g/mol. The number of esters is 1. The quantitative estimate of drug-likeness (QED) is 0.157. The molecule has 2 aliphatic rings. The Labute approximate surface area is 222 Å². The molecule has 0 radical (unpaired) electrons. The lowest BCUT2D eigenvalue weighted by atomic mass is 9.89. The van der Waals surface area contributed by atoms with Gasteiger partial charge in [-0.2, -0.15) is 0 Å². The molecule has 0 saturated carbocycles. The second-order valence-electron chi connectivity index (χ2n) is 11.4. The molecule has 0 bridgehead atoms. The Kier molecular flexibility index (Phi) is 11.5. The molecular weight excluding hydrogens is 476 g/mol. The lowest BCUT2D eigenvalue weighted by molar-refractivity contribution is -0.151. The molecular formula is C29H48O8. The van der Waals surface area contributed by atoms with Crippen molar-refractivity contribution >= 4 is 5.97 Å².